The number of ether oxygens (including phenoxy) is 4. The molecule has 10 atom stereocenters. The molecule has 3 aliphatic heterocycles. The molecule has 4 N–H and O–H groups in total. The lowest BCUT2D eigenvalue weighted by Gasteiger charge is -2.26. The standard InChI is InChI=1S/C24H29F2N7O14P2S/c1-10(2)43-24(36)40-9-50-49(39)42-5-11-14(25)18(22(44-11)32-4-3-13(34)31-23(32)35)46-48(37,38)41-6-12-17(47-49)15(26)21(45-12)33-8-30-16-19(27)28-7-29-20(16)33/h3-4,7-8,10-12,14-15,17-18,21-22H,5-6,9H2,1-2H3,(H,37,38)(H2,27,28,29)(H,31,34,35)/t11-,12?,14-,15-,17-,18-,21-,22-,49?/m1/s1. The summed E-state index contributed by atoms with van der Waals surface area (Å²) in [5, 5.41) is 0. The SMILES string of the molecule is CC(C)OC(=O)OCSP1(=O)OC[C@H]2O[C@@H](n3ccc(=O)[nH]c3=O)[C@H](OP(=O)(O)OCC3O[C@@H](n4cnc5c(N)ncnc54)[C@H](F)[C@@H]3O1)[C@@H]2F. The third-order valence-electron chi connectivity index (χ3n) is 7.34. The Morgan fingerprint density at radius 2 is 1.82 bits per heavy atom. The van der Waals surface area contributed by atoms with Crippen molar-refractivity contribution in [2.45, 2.75) is 69.2 Å². The van der Waals surface area contributed by atoms with E-state index in [1.165, 1.54) is 0 Å². The van der Waals surface area contributed by atoms with Crippen molar-refractivity contribution in [1.29, 1.82) is 0 Å². The number of nitrogens with two attached hydrogens (primary N) is 1. The zero-order chi connectivity index (χ0) is 36.0. The minimum Gasteiger partial charge on any atom is -0.432 e. The number of imidazole rings is 1. The smallest absolute Gasteiger partial charge is 0.432 e. The van der Waals surface area contributed by atoms with Crippen molar-refractivity contribution >= 4 is 49.1 Å². The van der Waals surface area contributed by atoms with Crippen LogP contribution in [0.1, 0.15) is 26.3 Å². The van der Waals surface area contributed by atoms with Gasteiger partial charge in [-0.15, -0.1) is 0 Å². The molecule has 6 heterocycles. The lowest BCUT2D eigenvalue weighted by Crippen LogP contribution is -2.37. The molecular formula is C24H29F2N7O14P2S. The number of phosphoric ester groups is 1. The zero-order valence-corrected chi connectivity index (χ0v) is 28.4. The third kappa shape index (κ3) is 7.64. The monoisotopic (exact) mass is 771 g/mol. The second kappa shape index (κ2) is 14.4. The molecule has 0 aromatic carbocycles. The number of halogens is 2. The lowest BCUT2D eigenvalue weighted by molar-refractivity contribution is -0.0652. The molecule has 0 radical (unpaired) electrons. The number of nitrogens with zero attached hydrogens (tertiary/aromatic N) is 5. The fraction of sp³-hybridized carbons (Fsp3) is 0.583. The molecule has 26 heteroatoms. The normalized spacial score (nSPS) is 34.8. The highest BCUT2D eigenvalue weighted by Gasteiger charge is 2.55. The highest BCUT2D eigenvalue weighted by Crippen LogP contribution is 2.64. The first-order valence-electron chi connectivity index (χ1n) is 14.5. The second-order valence-electron chi connectivity index (χ2n) is 11.1. The quantitative estimate of drug-likeness (QED) is 0.183. The molecule has 3 saturated heterocycles. The van der Waals surface area contributed by atoms with Gasteiger partial charge in [-0.25, -0.2) is 42.5 Å². The number of alkyl halides is 2. The van der Waals surface area contributed by atoms with Gasteiger partial charge >= 0.3 is 26.5 Å². The predicted octanol–water partition coefficient (Wildman–Crippen LogP) is 1.71. The molecule has 3 aromatic rings. The second-order valence-corrected chi connectivity index (χ2v) is 16.5. The van der Waals surface area contributed by atoms with E-state index < -0.39 is 106 Å². The minimum absolute atomic E-state index is 0.0293. The number of anilines is 1. The predicted molar refractivity (Wildman–Crippen MR) is 163 cm³/mol. The van der Waals surface area contributed by atoms with Crippen molar-refractivity contribution in [1.82, 2.24) is 29.1 Å². The average Bonchev–Trinajstić information content (AvgIpc) is 3.69. The Labute approximate surface area is 282 Å². The van der Waals surface area contributed by atoms with E-state index in [-0.39, 0.29) is 28.4 Å². The highest BCUT2D eigenvalue weighted by atomic mass is 32.7. The van der Waals surface area contributed by atoms with E-state index in [9.17, 15) is 28.4 Å². The van der Waals surface area contributed by atoms with Crippen molar-refractivity contribution in [2.75, 3.05) is 24.9 Å². The summed E-state index contributed by atoms with van der Waals surface area (Å²) in [7, 11) is -5.29. The summed E-state index contributed by atoms with van der Waals surface area (Å²) in [5.41, 5.74) is 4.09. The first kappa shape index (κ1) is 36.5. The Bertz CT molecular complexity index is 1950. The van der Waals surface area contributed by atoms with Gasteiger partial charge in [0.1, 0.15) is 36.3 Å². The minimum atomic E-state index is -5.29. The number of carbonyl (C=O) groups is 1. The summed E-state index contributed by atoms with van der Waals surface area (Å²) in [6.07, 6.45) is -13.9. The van der Waals surface area contributed by atoms with Crippen LogP contribution in [0.3, 0.4) is 0 Å². The number of nitrogen functional groups attached to an aromatic ring is 1. The zero-order valence-electron chi connectivity index (χ0n) is 25.8. The van der Waals surface area contributed by atoms with Gasteiger partial charge in [0.15, 0.2) is 42.2 Å². The van der Waals surface area contributed by atoms with E-state index in [0.717, 1.165) is 29.5 Å². The van der Waals surface area contributed by atoms with Gasteiger partial charge in [0.05, 0.1) is 25.6 Å². The summed E-state index contributed by atoms with van der Waals surface area (Å²) in [4.78, 5) is 60.7. The van der Waals surface area contributed by atoms with Crippen molar-refractivity contribution in [3.8, 4) is 0 Å². The first-order chi connectivity index (χ1) is 23.6. The largest absolute Gasteiger partial charge is 0.509 e. The van der Waals surface area contributed by atoms with Crippen molar-refractivity contribution in [2.24, 2.45) is 0 Å². The van der Waals surface area contributed by atoms with Crippen molar-refractivity contribution in [3.63, 3.8) is 0 Å². The van der Waals surface area contributed by atoms with Crippen LogP contribution in [0, 0.1) is 0 Å². The number of aromatic amines is 1. The number of rotatable bonds is 6. The number of H-pyrrole nitrogens is 1. The maximum Gasteiger partial charge on any atom is 0.509 e. The number of hydrogen-bond acceptors (Lipinski definition) is 18. The molecule has 6 rings (SSSR count). The molecule has 50 heavy (non-hydrogen) atoms. The van der Waals surface area contributed by atoms with E-state index in [4.69, 9.17) is 42.8 Å². The van der Waals surface area contributed by atoms with Crippen LogP contribution >= 0.6 is 26.0 Å². The molecule has 0 aliphatic carbocycles. The van der Waals surface area contributed by atoms with E-state index in [1.807, 2.05) is 4.98 Å². The molecule has 3 unspecified atom stereocenters. The molecule has 0 amide bonds. The Hall–Kier alpha value is -3.31. The van der Waals surface area contributed by atoms with Crippen LogP contribution in [-0.4, -0.2) is 102 Å². The fourth-order valence-electron chi connectivity index (χ4n) is 5.16. The Balaban J connectivity index is 1.33. The fourth-order valence-corrected chi connectivity index (χ4v) is 8.87. The van der Waals surface area contributed by atoms with Crippen LogP contribution in [-0.2, 0) is 46.2 Å². The third-order valence-corrected chi connectivity index (χ3v) is 11.7. The number of carbonyl (C=O) groups excluding carboxylic acids is 1. The first-order valence-corrected chi connectivity index (χ1v) is 19.2. The highest BCUT2D eigenvalue weighted by molar-refractivity contribution is 8.55. The molecule has 2 bridgehead atoms. The molecular weight excluding hydrogens is 742 g/mol. The summed E-state index contributed by atoms with van der Waals surface area (Å²) < 4.78 is 104. The van der Waals surface area contributed by atoms with E-state index in [1.54, 1.807) is 13.8 Å². The summed E-state index contributed by atoms with van der Waals surface area (Å²) in [5.74, 6) is -0.754. The number of fused-ring (bicyclic) bond motifs is 4. The van der Waals surface area contributed by atoms with Gasteiger partial charge in [-0.05, 0) is 13.8 Å². The number of aromatic nitrogens is 6. The topological polar surface area (TPSA) is 270 Å². The van der Waals surface area contributed by atoms with E-state index in [0.29, 0.717) is 4.57 Å². The number of nitrogens with one attached hydrogen (secondary N) is 1. The van der Waals surface area contributed by atoms with Crippen molar-refractivity contribution < 1.29 is 64.6 Å². The van der Waals surface area contributed by atoms with Gasteiger partial charge in [-0.3, -0.25) is 37.0 Å². The Morgan fingerprint density at radius 3 is 2.56 bits per heavy atom. The molecule has 21 nitrogen and oxygen atoms in total. The van der Waals surface area contributed by atoms with Crippen LogP contribution in [0.2, 0.25) is 0 Å². The molecule has 3 aliphatic rings. The molecule has 3 fully saturated rings. The van der Waals surface area contributed by atoms with Crippen LogP contribution in [0.4, 0.5) is 19.4 Å². The van der Waals surface area contributed by atoms with E-state index >= 15 is 8.78 Å². The van der Waals surface area contributed by atoms with Crippen LogP contribution in [0.15, 0.2) is 34.5 Å². The van der Waals surface area contributed by atoms with Crippen LogP contribution < -0.4 is 17.0 Å². The van der Waals surface area contributed by atoms with Gasteiger partial charge < -0.3 is 29.6 Å². The molecule has 0 saturated carbocycles. The number of hydrogen-bond donors (Lipinski definition) is 3. The van der Waals surface area contributed by atoms with Gasteiger partial charge in [0.25, 0.3) is 5.56 Å². The Morgan fingerprint density at radius 1 is 1.08 bits per heavy atom. The molecule has 0 spiro atoms. The van der Waals surface area contributed by atoms with E-state index in [2.05, 4.69) is 15.0 Å². The number of phosphoric acid groups is 1. The van der Waals surface area contributed by atoms with Gasteiger partial charge in [0.2, 0.25) is 0 Å². The maximum atomic E-state index is 16.3. The van der Waals surface area contributed by atoms with Gasteiger partial charge in [-0.1, -0.05) is 0 Å². The summed E-state index contributed by atoms with van der Waals surface area (Å²) in [6, 6.07) is 0.903. The maximum absolute atomic E-state index is 16.3. The summed E-state index contributed by atoms with van der Waals surface area (Å²) in [6.45, 7) is -3.54. The van der Waals surface area contributed by atoms with Crippen LogP contribution in [0.5, 0.6) is 0 Å². The van der Waals surface area contributed by atoms with Gasteiger partial charge in [0, 0.05) is 23.6 Å². The average molecular weight is 772 g/mol. The molecule has 3 aromatic heterocycles. The van der Waals surface area contributed by atoms with Crippen LogP contribution in [0.25, 0.3) is 11.2 Å². The van der Waals surface area contributed by atoms with Crippen molar-refractivity contribution in [3.05, 3.63) is 45.8 Å². The van der Waals surface area contributed by atoms with Gasteiger partial charge in [-0.2, -0.15) is 0 Å². The Kier molecular flexibility index (Phi) is 10.5. The molecule has 274 valence electrons. The lowest BCUT2D eigenvalue weighted by atomic mass is 10.1. The summed E-state index contributed by atoms with van der Waals surface area (Å²) >= 11 is 0.254.